The molecule has 2 saturated heterocycles. The smallest absolute Gasteiger partial charge is 0.252 e. The Morgan fingerprint density at radius 1 is 1.17 bits per heavy atom. The monoisotopic (exact) mass is 484 g/mol. The minimum Gasteiger partial charge on any atom is -0.497 e. The van der Waals surface area contributed by atoms with Gasteiger partial charge in [0.05, 0.1) is 41.1 Å². The van der Waals surface area contributed by atoms with Gasteiger partial charge in [-0.25, -0.2) is 8.42 Å². The predicted molar refractivity (Wildman–Crippen MR) is 122 cm³/mol. The highest BCUT2D eigenvalue weighted by atomic mass is 35.5. The van der Waals surface area contributed by atoms with Crippen LogP contribution in [-0.2, 0) is 21.1 Å². The first-order chi connectivity index (χ1) is 14.3. The molecular formula is C20H18Cl2N2O4S2. The molecule has 0 radical (unpaired) electrons. The standard InChI is InChI=1S/C20H18Cl2N2O4S2/c1-28-14-5-2-12(3-6-14)8-19(25)23-20-24(13-4-7-15(21)16(22)9-13)17-10-30(26,27)11-18(17)29-20/h2-7,9,17-18H,8,10-11H2,1H3/t17-,18+/m0/s1. The number of fused-ring (bicyclic) bond motifs is 1. The van der Waals surface area contributed by atoms with Crippen LogP contribution in [0.3, 0.4) is 0 Å². The number of aliphatic imine (C=N–C) groups is 1. The van der Waals surface area contributed by atoms with Gasteiger partial charge >= 0.3 is 0 Å². The summed E-state index contributed by atoms with van der Waals surface area (Å²) in [5.74, 6) is 0.474. The third kappa shape index (κ3) is 4.46. The summed E-state index contributed by atoms with van der Waals surface area (Å²) in [5.41, 5.74) is 1.48. The molecule has 2 aliphatic rings. The van der Waals surface area contributed by atoms with E-state index < -0.39 is 9.84 Å². The Kier molecular flexibility index (Phi) is 6.03. The van der Waals surface area contributed by atoms with Crippen molar-refractivity contribution in [3.63, 3.8) is 0 Å². The van der Waals surface area contributed by atoms with Crippen LogP contribution < -0.4 is 9.64 Å². The molecule has 2 aromatic carbocycles. The quantitative estimate of drug-likeness (QED) is 0.655. The Hall–Kier alpha value is -1.74. The second-order valence-electron chi connectivity index (χ2n) is 7.08. The zero-order valence-electron chi connectivity index (χ0n) is 15.9. The summed E-state index contributed by atoms with van der Waals surface area (Å²) in [6.07, 6.45) is 0.136. The topological polar surface area (TPSA) is 76.0 Å². The molecule has 0 saturated carbocycles. The maximum Gasteiger partial charge on any atom is 0.252 e. The summed E-state index contributed by atoms with van der Waals surface area (Å²) < 4.78 is 29.5. The van der Waals surface area contributed by atoms with Crippen LogP contribution in [0.2, 0.25) is 10.0 Å². The average Bonchev–Trinajstić information content (AvgIpc) is 3.15. The molecule has 6 nitrogen and oxygen atoms in total. The Morgan fingerprint density at radius 3 is 2.57 bits per heavy atom. The summed E-state index contributed by atoms with van der Waals surface area (Å²) in [6.45, 7) is 0. The third-order valence-corrected chi connectivity index (χ3v) is 8.93. The Bertz CT molecular complexity index is 1120. The average molecular weight is 485 g/mol. The van der Waals surface area contributed by atoms with E-state index in [4.69, 9.17) is 27.9 Å². The third-order valence-electron chi connectivity index (χ3n) is 4.98. The number of amidine groups is 1. The lowest BCUT2D eigenvalue weighted by Crippen LogP contribution is -2.37. The molecule has 158 valence electrons. The van der Waals surface area contributed by atoms with Gasteiger partial charge in [0.15, 0.2) is 15.0 Å². The number of rotatable bonds is 4. The summed E-state index contributed by atoms with van der Waals surface area (Å²) in [4.78, 5) is 18.8. The van der Waals surface area contributed by atoms with Crippen LogP contribution in [0.1, 0.15) is 5.56 Å². The van der Waals surface area contributed by atoms with Crippen LogP contribution in [0.25, 0.3) is 0 Å². The van der Waals surface area contributed by atoms with E-state index >= 15 is 0 Å². The molecule has 0 aliphatic carbocycles. The molecule has 0 N–H and O–H groups in total. The van der Waals surface area contributed by atoms with Gasteiger partial charge in [-0.3, -0.25) is 4.79 Å². The van der Waals surface area contributed by atoms with Gasteiger partial charge in [-0.15, -0.1) is 0 Å². The number of hydrogen-bond donors (Lipinski definition) is 0. The number of carbonyl (C=O) groups is 1. The molecule has 1 amide bonds. The van der Waals surface area contributed by atoms with E-state index in [-0.39, 0.29) is 35.1 Å². The number of anilines is 1. The molecule has 0 bridgehead atoms. The van der Waals surface area contributed by atoms with Gasteiger partial charge in [0.25, 0.3) is 5.91 Å². The fraction of sp³-hybridized carbons (Fsp3) is 0.300. The van der Waals surface area contributed by atoms with Crippen molar-refractivity contribution in [2.24, 2.45) is 4.99 Å². The maximum atomic E-state index is 12.6. The van der Waals surface area contributed by atoms with E-state index in [2.05, 4.69) is 4.99 Å². The minimum atomic E-state index is -3.15. The van der Waals surface area contributed by atoms with Crippen LogP contribution in [0, 0.1) is 0 Å². The Morgan fingerprint density at radius 2 is 1.90 bits per heavy atom. The second kappa shape index (κ2) is 8.42. The number of ether oxygens (including phenoxy) is 1. The van der Waals surface area contributed by atoms with Gasteiger partial charge in [0, 0.05) is 10.9 Å². The molecule has 30 heavy (non-hydrogen) atoms. The van der Waals surface area contributed by atoms with Crippen molar-refractivity contribution in [3.05, 3.63) is 58.1 Å². The van der Waals surface area contributed by atoms with Crippen molar-refractivity contribution in [1.29, 1.82) is 0 Å². The van der Waals surface area contributed by atoms with Crippen LogP contribution in [0.15, 0.2) is 47.5 Å². The number of methoxy groups -OCH3 is 1. The molecule has 2 aromatic rings. The molecule has 2 fully saturated rings. The van der Waals surface area contributed by atoms with Gasteiger partial charge in [-0.1, -0.05) is 47.1 Å². The molecule has 2 heterocycles. The molecule has 2 atom stereocenters. The van der Waals surface area contributed by atoms with Crippen LogP contribution in [0.5, 0.6) is 5.75 Å². The van der Waals surface area contributed by atoms with Crippen molar-refractivity contribution in [3.8, 4) is 5.75 Å². The van der Waals surface area contributed by atoms with Crippen molar-refractivity contribution in [2.45, 2.75) is 17.7 Å². The van der Waals surface area contributed by atoms with Gasteiger partial charge < -0.3 is 9.64 Å². The fourth-order valence-corrected chi connectivity index (χ4v) is 7.79. The number of halogens is 2. The lowest BCUT2D eigenvalue weighted by atomic mass is 10.1. The lowest BCUT2D eigenvalue weighted by Gasteiger charge is -2.24. The first-order valence-electron chi connectivity index (χ1n) is 9.11. The molecule has 2 aliphatic heterocycles. The van der Waals surface area contributed by atoms with Crippen LogP contribution in [0.4, 0.5) is 5.69 Å². The predicted octanol–water partition coefficient (Wildman–Crippen LogP) is 3.85. The normalized spacial score (nSPS) is 23.6. The number of hydrogen-bond acceptors (Lipinski definition) is 5. The molecule has 0 unspecified atom stereocenters. The molecule has 0 aromatic heterocycles. The number of benzene rings is 2. The van der Waals surface area contributed by atoms with Gasteiger partial charge in [-0.2, -0.15) is 4.99 Å². The van der Waals surface area contributed by atoms with Crippen LogP contribution in [-0.4, -0.2) is 49.4 Å². The Balaban J connectivity index is 1.62. The van der Waals surface area contributed by atoms with E-state index in [1.54, 1.807) is 42.3 Å². The first kappa shape index (κ1) is 21.5. The van der Waals surface area contributed by atoms with E-state index in [0.717, 1.165) is 5.56 Å². The largest absolute Gasteiger partial charge is 0.497 e. The highest BCUT2D eigenvalue weighted by Crippen LogP contribution is 2.42. The van der Waals surface area contributed by atoms with E-state index in [1.807, 2.05) is 12.1 Å². The van der Waals surface area contributed by atoms with E-state index in [9.17, 15) is 13.2 Å². The summed E-state index contributed by atoms with van der Waals surface area (Å²) in [7, 11) is -1.56. The summed E-state index contributed by atoms with van der Waals surface area (Å²) in [6, 6.07) is 12.0. The number of thioether (sulfide) groups is 1. The maximum absolute atomic E-state index is 12.6. The number of amides is 1. The zero-order chi connectivity index (χ0) is 21.5. The number of carbonyl (C=O) groups excluding carboxylic acids is 1. The number of nitrogens with zero attached hydrogens (tertiary/aromatic N) is 2. The molecular weight excluding hydrogens is 467 g/mol. The van der Waals surface area contributed by atoms with Gasteiger partial charge in [0.2, 0.25) is 0 Å². The second-order valence-corrected chi connectivity index (χ2v) is 11.3. The summed E-state index contributed by atoms with van der Waals surface area (Å²) >= 11 is 13.5. The number of sulfone groups is 1. The van der Waals surface area contributed by atoms with Gasteiger partial charge in [-0.05, 0) is 35.9 Å². The summed E-state index contributed by atoms with van der Waals surface area (Å²) in [5, 5.41) is 1.05. The van der Waals surface area contributed by atoms with Gasteiger partial charge in [0.1, 0.15) is 5.75 Å². The van der Waals surface area contributed by atoms with Crippen molar-refractivity contribution >= 4 is 61.6 Å². The minimum absolute atomic E-state index is 0.0105. The first-order valence-corrected chi connectivity index (χ1v) is 12.6. The molecule has 10 heteroatoms. The van der Waals surface area contributed by atoms with Crippen molar-refractivity contribution in [2.75, 3.05) is 23.5 Å². The highest BCUT2D eigenvalue weighted by Gasteiger charge is 2.49. The molecule has 0 spiro atoms. The molecule has 4 rings (SSSR count). The van der Waals surface area contributed by atoms with E-state index in [1.165, 1.54) is 11.8 Å². The lowest BCUT2D eigenvalue weighted by molar-refractivity contribution is -0.117. The van der Waals surface area contributed by atoms with Crippen LogP contribution >= 0.6 is 35.0 Å². The Labute approximate surface area is 189 Å². The van der Waals surface area contributed by atoms with Crippen molar-refractivity contribution in [1.82, 2.24) is 0 Å². The van der Waals surface area contributed by atoms with Crippen molar-refractivity contribution < 1.29 is 17.9 Å². The van der Waals surface area contributed by atoms with E-state index in [0.29, 0.717) is 26.6 Å². The SMILES string of the molecule is COc1ccc(CC(=O)N=C2S[C@@H]3CS(=O)(=O)C[C@@H]3N2c2ccc(Cl)c(Cl)c2)cc1. The highest BCUT2D eigenvalue weighted by molar-refractivity contribution is 8.16. The fourth-order valence-electron chi connectivity index (χ4n) is 3.57. The zero-order valence-corrected chi connectivity index (χ0v) is 19.1.